The van der Waals surface area contributed by atoms with Gasteiger partial charge in [0, 0.05) is 17.5 Å². The third-order valence-electron chi connectivity index (χ3n) is 4.16. The number of fused-ring (bicyclic) bond motifs is 1. The first kappa shape index (κ1) is 22.5. The molecule has 1 amide bonds. The van der Waals surface area contributed by atoms with Crippen molar-refractivity contribution >= 4 is 40.2 Å². The number of anilines is 1. The number of H-pyrrole nitrogens is 1. The van der Waals surface area contributed by atoms with E-state index < -0.39 is 23.5 Å². The van der Waals surface area contributed by atoms with E-state index in [9.17, 15) is 22.4 Å². The highest BCUT2D eigenvalue weighted by atomic mass is 35.5. The lowest BCUT2D eigenvalue weighted by molar-refractivity contribution is -0.137. The van der Waals surface area contributed by atoms with Gasteiger partial charge < -0.3 is 5.32 Å². The van der Waals surface area contributed by atoms with Gasteiger partial charge >= 0.3 is 6.18 Å². The number of guanidine groups is 1. The second kappa shape index (κ2) is 8.93. The van der Waals surface area contributed by atoms with Crippen molar-refractivity contribution < 1.29 is 22.4 Å². The van der Waals surface area contributed by atoms with Crippen LogP contribution in [0.4, 0.5) is 23.4 Å². The summed E-state index contributed by atoms with van der Waals surface area (Å²) in [5, 5.41) is 12.1. The van der Waals surface area contributed by atoms with E-state index in [0.29, 0.717) is 11.9 Å². The van der Waals surface area contributed by atoms with Gasteiger partial charge in [0.25, 0.3) is 5.91 Å². The van der Waals surface area contributed by atoms with Crippen molar-refractivity contribution in [3.8, 4) is 0 Å². The number of hydrogen-bond acceptors (Lipinski definition) is 3. The van der Waals surface area contributed by atoms with E-state index in [4.69, 9.17) is 11.6 Å². The molecule has 0 bridgehead atoms. The molecule has 164 valence electrons. The van der Waals surface area contributed by atoms with E-state index in [1.54, 1.807) is 0 Å². The number of aliphatic imine (C=N–C) groups is 1. The fourth-order valence-electron chi connectivity index (χ4n) is 2.60. The molecule has 31 heavy (non-hydrogen) atoms. The summed E-state index contributed by atoms with van der Waals surface area (Å²) in [7, 11) is 0. The Morgan fingerprint density at radius 2 is 1.97 bits per heavy atom. The standard InChI is InChI=1S/C20H18ClF4N5O/c1-10(2)9-26-19(28-18(31)11-3-6-14(21)15(22)7-11)27-17-13-5-4-12(20(23,24)25)8-16(13)29-30-17/h3-8,10H,9H2,1-2H3,(H3,26,27,28,29,30,31). The number of aromatic amines is 1. The molecule has 0 aliphatic carbocycles. The van der Waals surface area contributed by atoms with Gasteiger partial charge in [-0.2, -0.15) is 18.3 Å². The molecule has 11 heteroatoms. The summed E-state index contributed by atoms with van der Waals surface area (Å²) in [4.78, 5) is 16.8. The zero-order valence-electron chi connectivity index (χ0n) is 16.4. The molecule has 0 aliphatic rings. The molecule has 0 unspecified atom stereocenters. The quantitative estimate of drug-likeness (QED) is 0.286. The van der Waals surface area contributed by atoms with E-state index >= 15 is 0 Å². The van der Waals surface area contributed by atoms with Crippen molar-refractivity contribution in [3.05, 3.63) is 58.4 Å². The number of halogens is 5. The monoisotopic (exact) mass is 455 g/mol. The lowest BCUT2D eigenvalue weighted by Crippen LogP contribution is -2.36. The van der Waals surface area contributed by atoms with E-state index in [2.05, 4.69) is 25.8 Å². The molecule has 3 N–H and O–H groups in total. The number of carbonyl (C=O) groups is 1. The molecule has 3 aromatic rings. The number of benzene rings is 2. The topological polar surface area (TPSA) is 82.2 Å². The third-order valence-corrected chi connectivity index (χ3v) is 4.46. The van der Waals surface area contributed by atoms with Crippen LogP contribution >= 0.6 is 11.6 Å². The first-order chi connectivity index (χ1) is 14.5. The van der Waals surface area contributed by atoms with Crippen molar-refractivity contribution in [1.29, 1.82) is 0 Å². The largest absolute Gasteiger partial charge is 0.416 e. The average Bonchev–Trinajstić information content (AvgIpc) is 3.09. The van der Waals surface area contributed by atoms with E-state index in [-0.39, 0.29) is 33.8 Å². The van der Waals surface area contributed by atoms with Crippen molar-refractivity contribution in [1.82, 2.24) is 15.5 Å². The second-order valence-corrected chi connectivity index (χ2v) is 7.53. The number of rotatable bonds is 4. The molecule has 2 aromatic carbocycles. The maximum absolute atomic E-state index is 13.7. The first-order valence-corrected chi connectivity index (χ1v) is 9.55. The number of hydrogen-bond donors (Lipinski definition) is 3. The Hall–Kier alpha value is -3.14. The van der Waals surface area contributed by atoms with Gasteiger partial charge in [-0.05, 0) is 42.3 Å². The SMILES string of the molecule is CC(C)CN=C(NC(=O)c1ccc(Cl)c(F)c1)Nc1n[nH]c2cc(C(F)(F)F)ccc12. The smallest absolute Gasteiger partial charge is 0.309 e. The van der Waals surface area contributed by atoms with Gasteiger partial charge in [0.05, 0.1) is 16.1 Å². The van der Waals surface area contributed by atoms with Crippen molar-refractivity contribution in [2.45, 2.75) is 20.0 Å². The van der Waals surface area contributed by atoms with Gasteiger partial charge in [0.1, 0.15) is 5.82 Å². The molecule has 0 aliphatic heterocycles. The van der Waals surface area contributed by atoms with Crippen LogP contribution in [0.15, 0.2) is 41.4 Å². The van der Waals surface area contributed by atoms with Crippen LogP contribution in [-0.2, 0) is 6.18 Å². The van der Waals surface area contributed by atoms with Gasteiger partial charge in [-0.3, -0.25) is 20.2 Å². The van der Waals surface area contributed by atoms with Gasteiger partial charge in [-0.15, -0.1) is 0 Å². The number of alkyl halides is 3. The lowest BCUT2D eigenvalue weighted by atomic mass is 10.1. The van der Waals surface area contributed by atoms with E-state index in [1.165, 1.54) is 18.2 Å². The van der Waals surface area contributed by atoms with Crippen LogP contribution in [0, 0.1) is 11.7 Å². The van der Waals surface area contributed by atoms with Gasteiger partial charge in [-0.25, -0.2) is 4.39 Å². The summed E-state index contributed by atoms with van der Waals surface area (Å²) in [6.07, 6.45) is -4.49. The molecule has 1 aromatic heterocycles. The molecule has 0 radical (unpaired) electrons. The van der Waals surface area contributed by atoms with Crippen LogP contribution in [0.5, 0.6) is 0 Å². The van der Waals surface area contributed by atoms with Gasteiger partial charge in [0.2, 0.25) is 5.96 Å². The summed E-state index contributed by atoms with van der Waals surface area (Å²) < 4.78 is 52.4. The predicted molar refractivity (Wildman–Crippen MR) is 111 cm³/mol. The summed E-state index contributed by atoms with van der Waals surface area (Å²) in [5.74, 6) is -1.05. The zero-order chi connectivity index (χ0) is 22.8. The van der Waals surface area contributed by atoms with Crippen molar-refractivity contribution in [2.24, 2.45) is 10.9 Å². The summed E-state index contributed by atoms with van der Waals surface area (Å²) in [6.45, 7) is 4.18. The second-order valence-electron chi connectivity index (χ2n) is 7.12. The lowest BCUT2D eigenvalue weighted by Gasteiger charge is -2.12. The number of carbonyl (C=O) groups excluding carboxylic acids is 1. The Morgan fingerprint density at radius 1 is 1.23 bits per heavy atom. The van der Waals surface area contributed by atoms with Crippen LogP contribution in [0.25, 0.3) is 10.9 Å². The fourth-order valence-corrected chi connectivity index (χ4v) is 2.72. The van der Waals surface area contributed by atoms with Gasteiger partial charge in [0.15, 0.2) is 5.82 Å². The highest BCUT2D eigenvalue weighted by Gasteiger charge is 2.31. The minimum Gasteiger partial charge on any atom is -0.309 e. The van der Waals surface area contributed by atoms with Crippen LogP contribution in [0.2, 0.25) is 5.02 Å². The number of nitrogens with zero attached hydrogens (tertiary/aromatic N) is 2. The molecule has 0 saturated carbocycles. The Bertz CT molecular complexity index is 1140. The molecule has 1 heterocycles. The maximum Gasteiger partial charge on any atom is 0.416 e. The highest BCUT2D eigenvalue weighted by Crippen LogP contribution is 2.32. The molecule has 0 atom stereocenters. The molecule has 3 rings (SSSR count). The van der Waals surface area contributed by atoms with Crippen LogP contribution in [0.3, 0.4) is 0 Å². The number of nitrogens with one attached hydrogen (secondary N) is 3. The summed E-state index contributed by atoms with van der Waals surface area (Å²) in [6, 6.07) is 6.73. The summed E-state index contributed by atoms with van der Waals surface area (Å²) >= 11 is 5.64. The van der Waals surface area contributed by atoms with Crippen LogP contribution < -0.4 is 10.6 Å². The predicted octanol–water partition coefficient (Wildman–Crippen LogP) is 5.23. The Kier molecular flexibility index (Phi) is 6.49. The fraction of sp³-hybridized carbons (Fsp3) is 0.250. The number of amides is 1. The average molecular weight is 456 g/mol. The molecule has 0 saturated heterocycles. The Balaban J connectivity index is 1.87. The van der Waals surface area contributed by atoms with Crippen LogP contribution in [-0.4, -0.2) is 28.6 Å². The maximum atomic E-state index is 13.7. The molecule has 0 spiro atoms. The normalized spacial score (nSPS) is 12.5. The Morgan fingerprint density at radius 3 is 2.61 bits per heavy atom. The molecular formula is C20H18ClF4N5O. The van der Waals surface area contributed by atoms with Crippen LogP contribution in [0.1, 0.15) is 29.8 Å². The molecule has 0 fully saturated rings. The zero-order valence-corrected chi connectivity index (χ0v) is 17.2. The summed E-state index contributed by atoms with van der Waals surface area (Å²) in [5.41, 5.74) is -0.642. The minimum absolute atomic E-state index is 0.0161. The van der Waals surface area contributed by atoms with E-state index in [1.807, 2.05) is 13.8 Å². The number of aromatic nitrogens is 2. The molecular weight excluding hydrogens is 438 g/mol. The van der Waals surface area contributed by atoms with Crippen molar-refractivity contribution in [3.63, 3.8) is 0 Å². The van der Waals surface area contributed by atoms with Crippen molar-refractivity contribution in [2.75, 3.05) is 11.9 Å². The highest BCUT2D eigenvalue weighted by molar-refractivity contribution is 6.30. The first-order valence-electron chi connectivity index (χ1n) is 9.18. The van der Waals surface area contributed by atoms with Gasteiger partial charge in [-0.1, -0.05) is 25.4 Å². The third kappa shape index (κ3) is 5.52. The Labute approximate surface area is 179 Å². The van der Waals surface area contributed by atoms with E-state index in [0.717, 1.165) is 18.2 Å². The minimum atomic E-state index is -4.49. The molecule has 6 nitrogen and oxygen atoms in total.